The average Bonchev–Trinajstić information content (AvgIpc) is 3.23. The van der Waals surface area contributed by atoms with Crippen LogP contribution >= 0.6 is 0 Å². The van der Waals surface area contributed by atoms with Crippen molar-refractivity contribution < 1.29 is 18.7 Å². The molecule has 0 aliphatic rings. The van der Waals surface area contributed by atoms with Gasteiger partial charge in [0.1, 0.15) is 23.6 Å². The molecular formula is C23H22FN5O3. The van der Waals surface area contributed by atoms with Gasteiger partial charge in [0, 0.05) is 17.7 Å². The Hall–Kier alpha value is -4.01. The van der Waals surface area contributed by atoms with Gasteiger partial charge in [-0.05, 0) is 50.2 Å². The zero-order valence-electron chi connectivity index (χ0n) is 17.8. The SMILES string of the molecule is COc1ccc(-c2cc3nc([C@@H](C)NC(=O)C(C)Oc4cccc(F)c4)nn3cn2)cc1. The summed E-state index contributed by atoms with van der Waals surface area (Å²) < 4.78 is 25.6. The highest BCUT2D eigenvalue weighted by atomic mass is 19.1. The fourth-order valence-electron chi connectivity index (χ4n) is 3.11. The first-order chi connectivity index (χ1) is 15.4. The van der Waals surface area contributed by atoms with Crippen molar-refractivity contribution in [3.05, 3.63) is 72.6 Å². The van der Waals surface area contributed by atoms with Gasteiger partial charge in [-0.25, -0.2) is 18.9 Å². The van der Waals surface area contributed by atoms with Crippen LogP contribution < -0.4 is 14.8 Å². The molecule has 2 aromatic carbocycles. The number of methoxy groups -OCH3 is 1. The van der Waals surface area contributed by atoms with Crippen LogP contribution in [-0.4, -0.2) is 38.7 Å². The standard InChI is InChI=1S/C23H22FN5O3/c1-14(26-23(30)15(2)32-19-6-4-5-17(24)11-19)22-27-21-12-20(25-13-29(21)28-22)16-7-9-18(31-3)10-8-16/h4-15H,1-3H3,(H,26,30)/t14-,15?/m1/s1. The predicted octanol–water partition coefficient (Wildman–Crippen LogP) is 3.58. The van der Waals surface area contributed by atoms with Crippen molar-refractivity contribution in [2.75, 3.05) is 7.11 Å². The largest absolute Gasteiger partial charge is 0.497 e. The highest BCUT2D eigenvalue weighted by molar-refractivity contribution is 5.81. The normalized spacial score (nSPS) is 12.9. The predicted molar refractivity (Wildman–Crippen MR) is 116 cm³/mol. The Bertz CT molecular complexity index is 1240. The molecule has 0 saturated carbocycles. The molecule has 2 aromatic heterocycles. The maximum Gasteiger partial charge on any atom is 0.261 e. The summed E-state index contributed by atoms with van der Waals surface area (Å²) >= 11 is 0. The molecule has 1 N–H and O–H groups in total. The molecule has 4 rings (SSSR count). The van der Waals surface area contributed by atoms with Gasteiger partial charge in [-0.15, -0.1) is 5.10 Å². The smallest absolute Gasteiger partial charge is 0.261 e. The van der Waals surface area contributed by atoms with Gasteiger partial charge in [0.25, 0.3) is 5.91 Å². The number of benzene rings is 2. The molecular weight excluding hydrogens is 413 g/mol. The number of fused-ring (bicyclic) bond motifs is 1. The van der Waals surface area contributed by atoms with Crippen molar-refractivity contribution >= 4 is 11.6 Å². The molecule has 32 heavy (non-hydrogen) atoms. The molecule has 0 bridgehead atoms. The molecule has 164 valence electrons. The van der Waals surface area contributed by atoms with E-state index in [1.54, 1.807) is 37.9 Å². The fraction of sp³-hybridized carbons (Fsp3) is 0.217. The quantitative estimate of drug-likeness (QED) is 0.477. The number of nitrogens with one attached hydrogen (secondary N) is 1. The van der Waals surface area contributed by atoms with Crippen LogP contribution in [0.15, 0.2) is 60.9 Å². The number of hydrogen-bond donors (Lipinski definition) is 1. The van der Waals surface area contributed by atoms with Gasteiger partial charge in [-0.2, -0.15) is 0 Å². The third-order valence-corrected chi connectivity index (χ3v) is 4.86. The number of nitrogens with zero attached hydrogens (tertiary/aromatic N) is 4. The van der Waals surface area contributed by atoms with Gasteiger partial charge in [-0.1, -0.05) is 6.07 Å². The average molecular weight is 435 g/mol. The summed E-state index contributed by atoms with van der Waals surface area (Å²) in [6, 6.07) is 14.6. The number of amides is 1. The molecule has 0 aliphatic carbocycles. The van der Waals surface area contributed by atoms with Gasteiger partial charge in [0.15, 0.2) is 17.6 Å². The maximum absolute atomic E-state index is 13.3. The molecule has 0 aliphatic heterocycles. The third kappa shape index (κ3) is 4.66. The Labute approximate surface area is 184 Å². The molecule has 8 nitrogen and oxygen atoms in total. The lowest BCUT2D eigenvalue weighted by atomic mass is 10.1. The Balaban J connectivity index is 1.45. The second-order valence-corrected chi connectivity index (χ2v) is 7.22. The van der Waals surface area contributed by atoms with Crippen molar-refractivity contribution in [3.63, 3.8) is 0 Å². The Kier molecular flexibility index (Phi) is 5.98. The summed E-state index contributed by atoms with van der Waals surface area (Å²) in [7, 11) is 1.62. The molecule has 1 unspecified atom stereocenters. The third-order valence-electron chi connectivity index (χ3n) is 4.86. The van der Waals surface area contributed by atoms with Crippen LogP contribution in [0.2, 0.25) is 0 Å². The highest BCUT2D eigenvalue weighted by Crippen LogP contribution is 2.22. The van der Waals surface area contributed by atoms with Crippen molar-refractivity contribution in [1.82, 2.24) is 24.9 Å². The minimum absolute atomic E-state index is 0.281. The zero-order chi connectivity index (χ0) is 22.7. The van der Waals surface area contributed by atoms with Crippen LogP contribution in [0.4, 0.5) is 4.39 Å². The summed E-state index contributed by atoms with van der Waals surface area (Å²) in [5.74, 6) is 0.686. The van der Waals surface area contributed by atoms with E-state index in [-0.39, 0.29) is 11.7 Å². The van der Waals surface area contributed by atoms with E-state index in [0.717, 1.165) is 17.0 Å². The van der Waals surface area contributed by atoms with Crippen LogP contribution in [0.1, 0.15) is 25.7 Å². The van der Waals surface area contributed by atoms with Crippen molar-refractivity contribution in [2.24, 2.45) is 0 Å². The van der Waals surface area contributed by atoms with Crippen molar-refractivity contribution in [1.29, 1.82) is 0 Å². The molecule has 4 aromatic rings. The monoisotopic (exact) mass is 435 g/mol. The molecule has 1 amide bonds. The second kappa shape index (κ2) is 9.01. The van der Waals surface area contributed by atoms with Crippen LogP contribution in [0.3, 0.4) is 0 Å². The van der Waals surface area contributed by atoms with Crippen molar-refractivity contribution in [3.8, 4) is 22.8 Å². The van der Waals surface area contributed by atoms with E-state index >= 15 is 0 Å². The lowest BCUT2D eigenvalue weighted by Gasteiger charge is -2.17. The number of hydrogen-bond acceptors (Lipinski definition) is 6. The second-order valence-electron chi connectivity index (χ2n) is 7.22. The van der Waals surface area contributed by atoms with E-state index in [1.807, 2.05) is 30.3 Å². The Morgan fingerprint density at radius 2 is 1.88 bits per heavy atom. The van der Waals surface area contributed by atoms with Gasteiger partial charge in [0.2, 0.25) is 0 Å². The van der Waals surface area contributed by atoms with Gasteiger partial charge >= 0.3 is 0 Å². The minimum Gasteiger partial charge on any atom is -0.497 e. The molecule has 0 radical (unpaired) electrons. The lowest BCUT2D eigenvalue weighted by molar-refractivity contribution is -0.128. The Morgan fingerprint density at radius 1 is 1.09 bits per heavy atom. The van der Waals surface area contributed by atoms with E-state index in [4.69, 9.17) is 9.47 Å². The first kappa shape index (κ1) is 21.2. The summed E-state index contributed by atoms with van der Waals surface area (Å²) in [5.41, 5.74) is 2.27. The van der Waals surface area contributed by atoms with E-state index in [0.29, 0.717) is 11.5 Å². The number of aromatic nitrogens is 4. The molecule has 9 heteroatoms. The molecule has 2 atom stereocenters. The molecule has 0 fully saturated rings. The van der Waals surface area contributed by atoms with Gasteiger partial charge in [0.05, 0.1) is 18.8 Å². The Morgan fingerprint density at radius 3 is 2.59 bits per heavy atom. The van der Waals surface area contributed by atoms with Crippen LogP contribution in [0.5, 0.6) is 11.5 Å². The van der Waals surface area contributed by atoms with Crippen LogP contribution in [0.25, 0.3) is 16.9 Å². The lowest BCUT2D eigenvalue weighted by Crippen LogP contribution is -2.38. The van der Waals surface area contributed by atoms with Crippen LogP contribution in [0, 0.1) is 5.82 Å². The topological polar surface area (TPSA) is 90.6 Å². The molecule has 2 heterocycles. The van der Waals surface area contributed by atoms with Crippen LogP contribution in [-0.2, 0) is 4.79 Å². The summed E-state index contributed by atoms with van der Waals surface area (Å²) in [6.07, 6.45) is 0.759. The zero-order valence-corrected chi connectivity index (χ0v) is 17.8. The number of carbonyl (C=O) groups is 1. The number of rotatable bonds is 7. The first-order valence-electron chi connectivity index (χ1n) is 10.0. The summed E-state index contributed by atoms with van der Waals surface area (Å²) in [5, 5.41) is 7.22. The van der Waals surface area contributed by atoms with Gasteiger partial charge in [-0.3, -0.25) is 4.79 Å². The first-order valence-corrected chi connectivity index (χ1v) is 10.0. The highest BCUT2D eigenvalue weighted by Gasteiger charge is 2.20. The maximum atomic E-state index is 13.3. The number of halogens is 1. The summed E-state index contributed by atoms with van der Waals surface area (Å²) in [4.78, 5) is 21.5. The van der Waals surface area contributed by atoms with Gasteiger partial charge < -0.3 is 14.8 Å². The fourth-order valence-corrected chi connectivity index (χ4v) is 3.11. The summed E-state index contributed by atoms with van der Waals surface area (Å²) in [6.45, 7) is 3.37. The molecule has 0 spiro atoms. The van der Waals surface area contributed by atoms with E-state index < -0.39 is 18.0 Å². The minimum atomic E-state index is -0.820. The number of ether oxygens (including phenoxy) is 2. The van der Waals surface area contributed by atoms with E-state index in [1.165, 1.54) is 18.2 Å². The van der Waals surface area contributed by atoms with E-state index in [2.05, 4.69) is 20.4 Å². The van der Waals surface area contributed by atoms with E-state index in [9.17, 15) is 9.18 Å². The number of carbonyl (C=O) groups excluding carboxylic acids is 1. The molecule has 0 saturated heterocycles. The van der Waals surface area contributed by atoms with Crippen molar-refractivity contribution in [2.45, 2.75) is 26.0 Å².